The molecule has 2 aromatic rings. The molecule has 1 aliphatic carbocycles. The second kappa shape index (κ2) is 6.40. The van der Waals surface area contributed by atoms with E-state index in [0.717, 1.165) is 42.4 Å². The van der Waals surface area contributed by atoms with Crippen molar-refractivity contribution in [2.45, 2.75) is 58.0 Å². The molecule has 0 bridgehead atoms. The van der Waals surface area contributed by atoms with Crippen molar-refractivity contribution in [1.29, 1.82) is 0 Å². The lowest BCUT2D eigenvalue weighted by Gasteiger charge is -2.32. The molecule has 1 aliphatic heterocycles. The van der Waals surface area contributed by atoms with Crippen LogP contribution in [-0.2, 0) is 13.0 Å². The Morgan fingerprint density at radius 1 is 1.33 bits per heavy atom. The number of aromatic nitrogens is 2. The predicted molar refractivity (Wildman–Crippen MR) is 98.4 cm³/mol. The Bertz CT molecular complexity index is 775. The minimum absolute atomic E-state index is 0.0375. The lowest BCUT2D eigenvalue weighted by molar-refractivity contribution is 0.205. The first-order valence-electron chi connectivity index (χ1n) is 9.52. The number of rotatable bonds is 5. The maximum absolute atomic E-state index is 12.2. The third-order valence-corrected chi connectivity index (χ3v) is 6.28. The summed E-state index contributed by atoms with van der Waals surface area (Å²) in [5, 5.41) is 0. The maximum Gasteiger partial charge on any atom is 0.326 e. The zero-order valence-corrected chi connectivity index (χ0v) is 14.9. The van der Waals surface area contributed by atoms with Crippen LogP contribution in [0.2, 0.25) is 0 Å². The molecular weight excluding hydrogens is 298 g/mol. The Kier molecular flexibility index (Phi) is 4.25. The molecule has 1 N–H and O–H groups in total. The Morgan fingerprint density at radius 3 is 3.00 bits per heavy atom. The average molecular weight is 327 g/mol. The van der Waals surface area contributed by atoms with Crippen molar-refractivity contribution in [1.82, 2.24) is 14.5 Å². The maximum atomic E-state index is 12.2. The first kappa shape index (κ1) is 15.9. The number of aromatic amines is 1. The van der Waals surface area contributed by atoms with Gasteiger partial charge in [0.1, 0.15) is 0 Å². The van der Waals surface area contributed by atoms with Gasteiger partial charge < -0.3 is 9.88 Å². The molecule has 24 heavy (non-hydrogen) atoms. The highest BCUT2D eigenvalue weighted by Gasteiger charge is 2.26. The predicted octanol–water partition coefficient (Wildman–Crippen LogP) is 3.40. The largest absolute Gasteiger partial charge is 0.326 e. The molecule has 4 nitrogen and oxygen atoms in total. The highest BCUT2D eigenvalue weighted by atomic mass is 16.1. The van der Waals surface area contributed by atoms with Gasteiger partial charge in [0.15, 0.2) is 0 Å². The molecule has 2 heterocycles. The Labute approximate surface area is 143 Å². The van der Waals surface area contributed by atoms with Crippen molar-refractivity contribution in [3.8, 4) is 0 Å². The van der Waals surface area contributed by atoms with Crippen molar-refractivity contribution in [3.63, 3.8) is 0 Å². The highest BCUT2D eigenvalue weighted by Crippen LogP contribution is 2.33. The number of para-hydroxylation sites is 1. The van der Waals surface area contributed by atoms with Gasteiger partial charge >= 0.3 is 5.69 Å². The van der Waals surface area contributed by atoms with E-state index in [1.165, 1.54) is 37.7 Å². The Balaban J connectivity index is 1.39. The van der Waals surface area contributed by atoms with E-state index in [4.69, 9.17) is 0 Å². The van der Waals surface area contributed by atoms with E-state index in [0.29, 0.717) is 6.04 Å². The summed E-state index contributed by atoms with van der Waals surface area (Å²) >= 11 is 0. The number of likely N-dealkylation sites (N-methyl/N-ethyl adjacent to an activating group) is 1. The SMILES string of the molecule is CC1CCC(CCCN(C)[C@@H]2Cc3cccc4[nH]c(=O)n(c34)C2)C1. The van der Waals surface area contributed by atoms with E-state index in [9.17, 15) is 4.79 Å². The number of H-pyrrole nitrogens is 1. The third-order valence-electron chi connectivity index (χ3n) is 6.28. The quantitative estimate of drug-likeness (QED) is 0.914. The van der Waals surface area contributed by atoms with Gasteiger partial charge in [0, 0.05) is 12.6 Å². The van der Waals surface area contributed by atoms with Crippen LogP contribution in [-0.4, -0.2) is 34.1 Å². The summed E-state index contributed by atoms with van der Waals surface area (Å²) in [5.41, 5.74) is 3.44. The fourth-order valence-electron chi connectivity index (χ4n) is 4.86. The number of benzene rings is 1. The molecule has 2 aliphatic rings. The monoisotopic (exact) mass is 327 g/mol. The molecular formula is C20H29N3O. The Morgan fingerprint density at radius 2 is 2.21 bits per heavy atom. The molecule has 4 rings (SSSR count). The van der Waals surface area contributed by atoms with E-state index in [1.54, 1.807) is 0 Å². The van der Waals surface area contributed by atoms with Crippen LogP contribution in [0.25, 0.3) is 11.0 Å². The number of imidazole rings is 1. The molecule has 2 unspecified atom stereocenters. The lowest BCUT2D eigenvalue weighted by Crippen LogP contribution is -2.42. The van der Waals surface area contributed by atoms with Crippen molar-refractivity contribution < 1.29 is 0 Å². The van der Waals surface area contributed by atoms with Gasteiger partial charge in [0.25, 0.3) is 0 Å². The zero-order valence-electron chi connectivity index (χ0n) is 14.9. The van der Waals surface area contributed by atoms with Gasteiger partial charge in [-0.25, -0.2) is 4.79 Å². The summed E-state index contributed by atoms with van der Waals surface area (Å²) in [6, 6.07) is 6.66. The van der Waals surface area contributed by atoms with Crippen LogP contribution in [0.1, 0.15) is 44.6 Å². The normalized spacial score (nSPS) is 26.5. The van der Waals surface area contributed by atoms with Crippen LogP contribution in [0.4, 0.5) is 0 Å². The van der Waals surface area contributed by atoms with Crippen LogP contribution in [0, 0.1) is 11.8 Å². The van der Waals surface area contributed by atoms with Gasteiger partial charge in [-0.1, -0.05) is 31.9 Å². The van der Waals surface area contributed by atoms with Crippen molar-refractivity contribution >= 4 is 11.0 Å². The Hall–Kier alpha value is -1.55. The minimum atomic E-state index is 0.0375. The summed E-state index contributed by atoms with van der Waals surface area (Å²) < 4.78 is 1.94. The van der Waals surface area contributed by atoms with Gasteiger partial charge in [-0.05, 0) is 62.7 Å². The van der Waals surface area contributed by atoms with Crippen LogP contribution < -0.4 is 5.69 Å². The van der Waals surface area contributed by atoms with Crippen molar-refractivity contribution in [2.75, 3.05) is 13.6 Å². The van der Waals surface area contributed by atoms with Gasteiger partial charge in [-0.3, -0.25) is 4.57 Å². The van der Waals surface area contributed by atoms with Crippen molar-refractivity contribution in [3.05, 3.63) is 34.2 Å². The third kappa shape index (κ3) is 2.92. The molecule has 1 fully saturated rings. The average Bonchev–Trinajstić information content (AvgIpc) is 3.12. The first-order valence-corrected chi connectivity index (χ1v) is 9.52. The molecule has 0 saturated heterocycles. The second-order valence-electron chi connectivity index (χ2n) is 8.12. The number of hydrogen-bond acceptors (Lipinski definition) is 2. The molecule has 1 aromatic heterocycles. The van der Waals surface area contributed by atoms with Gasteiger partial charge in [-0.15, -0.1) is 0 Å². The topological polar surface area (TPSA) is 41.0 Å². The smallest absolute Gasteiger partial charge is 0.306 e. The molecule has 0 amide bonds. The number of hydrogen-bond donors (Lipinski definition) is 1. The molecule has 0 spiro atoms. The molecule has 4 heteroatoms. The highest BCUT2D eigenvalue weighted by molar-refractivity contribution is 5.79. The zero-order chi connectivity index (χ0) is 16.7. The van der Waals surface area contributed by atoms with Gasteiger partial charge in [0.2, 0.25) is 0 Å². The van der Waals surface area contributed by atoms with Crippen molar-refractivity contribution in [2.24, 2.45) is 11.8 Å². The number of nitrogens with one attached hydrogen (secondary N) is 1. The first-order chi connectivity index (χ1) is 11.6. The summed E-state index contributed by atoms with van der Waals surface area (Å²) in [6.45, 7) is 4.34. The number of nitrogens with zero attached hydrogens (tertiary/aromatic N) is 2. The fraction of sp³-hybridized carbons (Fsp3) is 0.650. The minimum Gasteiger partial charge on any atom is -0.306 e. The van der Waals surface area contributed by atoms with Crippen LogP contribution in [0.15, 0.2) is 23.0 Å². The fourth-order valence-corrected chi connectivity index (χ4v) is 4.86. The summed E-state index contributed by atoms with van der Waals surface area (Å²) in [5.74, 6) is 1.89. The van der Waals surface area contributed by atoms with Crippen LogP contribution in [0.5, 0.6) is 0 Å². The molecule has 0 radical (unpaired) electrons. The van der Waals surface area contributed by atoms with E-state index in [-0.39, 0.29) is 5.69 Å². The lowest BCUT2D eigenvalue weighted by atomic mass is 9.98. The van der Waals surface area contributed by atoms with Crippen LogP contribution >= 0.6 is 0 Å². The molecule has 1 aromatic carbocycles. The standard InChI is InChI=1S/C20H29N3O/c1-14-8-9-15(11-14)5-4-10-22(2)17-12-16-6-3-7-18-19(16)23(13-17)20(24)21-18/h3,6-7,14-15,17H,4-5,8-13H2,1-2H3,(H,21,24)/t14?,15?,17-/m1/s1. The van der Waals surface area contributed by atoms with E-state index >= 15 is 0 Å². The summed E-state index contributed by atoms with van der Waals surface area (Å²) in [7, 11) is 2.23. The van der Waals surface area contributed by atoms with Gasteiger partial charge in [0.05, 0.1) is 11.0 Å². The second-order valence-corrected chi connectivity index (χ2v) is 8.12. The van der Waals surface area contributed by atoms with E-state index in [2.05, 4.69) is 36.0 Å². The van der Waals surface area contributed by atoms with Gasteiger partial charge in [-0.2, -0.15) is 0 Å². The summed E-state index contributed by atoms with van der Waals surface area (Å²) in [6.07, 6.45) is 7.98. The molecule has 130 valence electrons. The molecule has 3 atom stereocenters. The van der Waals surface area contributed by atoms with E-state index < -0.39 is 0 Å². The van der Waals surface area contributed by atoms with E-state index in [1.807, 2.05) is 10.6 Å². The molecule has 1 saturated carbocycles. The summed E-state index contributed by atoms with van der Waals surface area (Å²) in [4.78, 5) is 17.7. The van der Waals surface area contributed by atoms with Crippen LogP contribution in [0.3, 0.4) is 0 Å².